The normalized spacial score (nSPS) is 24.2. The molecule has 2 nitrogen and oxygen atoms in total. The minimum absolute atomic E-state index is 0.662. The third-order valence-corrected chi connectivity index (χ3v) is 4.69. The number of hydrogen-bond acceptors (Lipinski definition) is 3. The SMILES string of the molecule is CC1CCCC(Sc2cc(C#N)ccc2N)C1. The van der Waals surface area contributed by atoms with Crippen molar-refractivity contribution in [2.75, 3.05) is 5.73 Å². The van der Waals surface area contributed by atoms with Crippen molar-refractivity contribution >= 4 is 17.4 Å². The van der Waals surface area contributed by atoms with Crippen molar-refractivity contribution in [3.63, 3.8) is 0 Å². The molecule has 1 aliphatic carbocycles. The Bertz CT molecular complexity index is 436. The monoisotopic (exact) mass is 246 g/mol. The summed E-state index contributed by atoms with van der Waals surface area (Å²) in [5.74, 6) is 0.821. The second kappa shape index (κ2) is 5.46. The maximum Gasteiger partial charge on any atom is 0.0992 e. The molecule has 0 spiro atoms. The molecule has 0 aliphatic heterocycles. The van der Waals surface area contributed by atoms with Gasteiger partial charge in [-0.15, -0.1) is 11.8 Å². The number of thioether (sulfide) groups is 1. The van der Waals surface area contributed by atoms with Crippen molar-refractivity contribution in [2.45, 2.75) is 42.8 Å². The first-order chi connectivity index (χ1) is 8.19. The van der Waals surface area contributed by atoms with Gasteiger partial charge in [-0.05, 0) is 37.0 Å². The topological polar surface area (TPSA) is 49.8 Å². The van der Waals surface area contributed by atoms with Crippen molar-refractivity contribution in [2.24, 2.45) is 5.92 Å². The molecule has 2 unspecified atom stereocenters. The van der Waals surface area contributed by atoms with Crippen LogP contribution in [0.3, 0.4) is 0 Å². The predicted octanol–water partition coefficient (Wildman–Crippen LogP) is 3.81. The first-order valence-electron chi connectivity index (χ1n) is 6.15. The molecule has 90 valence electrons. The summed E-state index contributed by atoms with van der Waals surface area (Å²) in [4.78, 5) is 1.07. The fourth-order valence-corrected chi connectivity index (χ4v) is 3.84. The second-order valence-electron chi connectivity index (χ2n) is 4.88. The van der Waals surface area contributed by atoms with Gasteiger partial charge < -0.3 is 5.73 Å². The van der Waals surface area contributed by atoms with Crippen molar-refractivity contribution in [3.05, 3.63) is 23.8 Å². The van der Waals surface area contributed by atoms with Gasteiger partial charge in [0.15, 0.2) is 0 Å². The summed E-state index contributed by atoms with van der Waals surface area (Å²) in [5, 5.41) is 9.56. The molecule has 2 N–H and O–H groups in total. The summed E-state index contributed by atoms with van der Waals surface area (Å²) in [5.41, 5.74) is 7.46. The highest BCUT2D eigenvalue weighted by Crippen LogP contribution is 2.38. The van der Waals surface area contributed by atoms with Crippen LogP contribution in [0.5, 0.6) is 0 Å². The Hall–Kier alpha value is -1.14. The molecule has 2 rings (SSSR count). The van der Waals surface area contributed by atoms with Crippen LogP contribution in [0, 0.1) is 17.2 Å². The van der Waals surface area contributed by atoms with E-state index in [1.54, 1.807) is 6.07 Å². The quantitative estimate of drug-likeness (QED) is 0.807. The molecule has 17 heavy (non-hydrogen) atoms. The fraction of sp³-hybridized carbons (Fsp3) is 0.500. The minimum atomic E-state index is 0.662. The molecule has 1 aromatic rings. The molecule has 0 saturated heterocycles. The van der Waals surface area contributed by atoms with Gasteiger partial charge >= 0.3 is 0 Å². The first kappa shape index (κ1) is 12.3. The molecule has 1 fully saturated rings. The number of hydrogen-bond donors (Lipinski definition) is 1. The largest absolute Gasteiger partial charge is 0.398 e. The van der Waals surface area contributed by atoms with Gasteiger partial charge in [0.1, 0.15) is 0 Å². The Kier molecular flexibility index (Phi) is 3.96. The molecule has 1 aliphatic rings. The summed E-state index contributed by atoms with van der Waals surface area (Å²) >= 11 is 1.85. The van der Waals surface area contributed by atoms with Crippen LogP contribution in [0.4, 0.5) is 5.69 Å². The fourth-order valence-electron chi connectivity index (χ4n) is 2.37. The Morgan fingerprint density at radius 1 is 1.41 bits per heavy atom. The highest BCUT2D eigenvalue weighted by Gasteiger charge is 2.20. The number of nitrogen functional groups attached to an aromatic ring is 1. The molecule has 0 aromatic heterocycles. The van der Waals surface area contributed by atoms with Gasteiger partial charge in [0, 0.05) is 15.8 Å². The Morgan fingerprint density at radius 3 is 2.94 bits per heavy atom. The van der Waals surface area contributed by atoms with Gasteiger partial charge in [-0.3, -0.25) is 0 Å². The highest BCUT2D eigenvalue weighted by molar-refractivity contribution is 8.00. The molecule has 0 amide bonds. The summed E-state index contributed by atoms with van der Waals surface area (Å²) in [6.07, 6.45) is 5.20. The smallest absolute Gasteiger partial charge is 0.0992 e. The first-order valence-corrected chi connectivity index (χ1v) is 7.03. The maximum atomic E-state index is 8.90. The van der Waals surface area contributed by atoms with E-state index in [2.05, 4.69) is 13.0 Å². The molecule has 0 bridgehead atoms. The molecule has 3 heteroatoms. The van der Waals surface area contributed by atoms with E-state index in [1.807, 2.05) is 23.9 Å². The Labute approximate surface area is 107 Å². The van der Waals surface area contributed by atoms with Gasteiger partial charge in [0.25, 0.3) is 0 Å². The zero-order chi connectivity index (χ0) is 12.3. The maximum absolute atomic E-state index is 8.90. The predicted molar refractivity (Wildman–Crippen MR) is 72.8 cm³/mol. The van der Waals surface area contributed by atoms with E-state index < -0.39 is 0 Å². The lowest BCUT2D eigenvalue weighted by atomic mass is 9.91. The van der Waals surface area contributed by atoms with Crippen LogP contribution in [0.25, 0.3) is 0 Å². The Morgan fingerprint density at radius 2 is 2.24 bits per heavy atom. The van der Waals surface area contributed by atoms with E-state index >= 15 is 0 Å². The van der Waals surface area contributed by atoms with Crippen LogP contribution < -0.4 is 5.73 Å². The summed E-state index contributed by atoms with van der Waals surface area (Å²) in [6, 6.07) is 7.71. The molecule has 1 aromatic carbocycles. The van der Waals surface area contributed by atoms with Crippen LogP contribution >= 0.6 is 11.8 Å². The van der Waals surface area contributed by atoms with E-state index in [-0.39, 0.29) is 0 Å². The van der Waals surface area contributed by atoms with Crippen LogP contribution in [-0.4, -0.2) is 5.25 Å². The van der Waals surface area contributed by atoms with Crippen molar-refractivity contribution in [3.8, 4) is 6.07 Å². The van der Waals surface area contributed by atoms with Crippen LogP contribution in [0.2, 0.25) is 0 Å². The van der Waals surface area contributed by atoms with E-state index in [1.165, 1.54) is 25.7 Å². The van der Waals surface area contributed by atoms with E-state index in [0.717, 1.165) is 16.5 Å². The van der Waals surface area contributed by atoms with E-state index in [4.69, 9.17) is 11.0 Å². The standard InChI is InChI=1S/C14H18N2S/c1-10-3-2-4-12(7-10)17-14-8-11(9-15)5-6-13(14)16/h5-6,8,10,12H,2-4,7,16H2,1H3. The van der Waals surface area contributed by atoms with Gasteiger partial charge in [-0.1, -0.05) is 19.8 Å². The second-order valence-corrected chi connectivity index (χ2v) is 6.22. The molecule has 1 saturated carbocycles. The zero-order valence-electron chi connectivity index (χ0n) is 10.1. The number of rotatable bonds is 2. The summed E-state index contributed by atoms with van der Waals surface area (Å²) < 4.78 is 0. The van der Waals surface area contributed by atoms with Gasteiger partial charge in [-0.2, -0.15) is 5.26 Å². The van der Waals surface area contributed by atoms with E-state index in [9.17, 15) is 0 Å². The van der Waals surface area contributed by atoms with Crippen molar-refractivity contribution < 1.29 is 0 Å². The molecular formula is C14H18N2S. The number of benzene rings is 1. The number of nitrogens with zero attached hydrogens (tertiary/aromatic N) is 1. The summed E-state index contributed by atoms with van der Waals surface area (Å²) in [7, 11) is 0. The molecule has 2 atom stereocenters. The van der Waals surface area contributed by atoms with Crippen molar-refractivity contribution in [1.82, 2.24) is 0 Å². The number of anilines is 1. The Balaban J connectivity index is 2.10. The highest BCUT2D eigenvalue weighted by atomic mass is 32.2. The number of nitriles is 1. The van der Waals surface area contributed by atoms with Gasteiger partial charge in [0.2, 0.25) is 0 Å². The van der Waals surface area contributed by atoms with E-state index in [0.29, 0.717) is 10.8 Å². The lowest BCUT2D eigenvalue weighted by Gasteiger charge is -2.26. The lowest BCUT2D eigenvalue weighted by molar-refractivity contribution is 0.394. The average molecular weight is 246 g/mol. The third kappa shape index (κ3) is 3.17. The minimum Gasteiger partial charge on any atom is -0.398 e. The van der Waals surface area contributed by atoms with Crippen LogP contribution in [-0.2, 0) is 0 Å². The van der Waals surface area contributed by atoms with Crippen LogP contribution in [0.1, 0.15) is 38.2 Å². The molecular weight excluding hydrogens is 228 g/mol. The average Bonchev–Trinajstić information content (AvgIpc) is 2.32. The van der Waals surface area contributed by atoms with Gasteiger partial charge in [-0.25, -0.2) is 0 Å². The summed E-state index contributed by atoms with van der Waals surface area (Å²) in [6.45, 7) is 2.32. The molecule has 0 radical (unpaired) electrons. The molecule has 0 heterocycles. The van der Waals surface area contributed by atoms with Crippen molar-refractivity contribution in [1.29, 1.82) is 5.26 Å². The number of nitrogens with two attached hydrogens (primary N) is 1. The zero-order valence-corrected chi connectivity index (χ0v) is 11.0. The van der Waals surface area contributed by atoms with Crippen LogP contribution in [0.15, 0.2) is 23.1 Å². The third-order valence-electron chi connectivity index (χ3n) is 3.32. The van der Waals surface area contributed by atoms with Gasteiger partial charge in [0.05, 0.1) is 11.6 Å². The lowest BCUT2D eigenvalue weighted by Crippen LogP contribution is -2.15.